The van der Waals surface area contributed by atoms with Crippen molar-refractivity contribution in [2.24, 2.45) is 0 Å². The average molecular weight is 387 g/mol. The van der Waals surface area contributed by atoms with Crippen molar-refractivity contribution in [3.05, 3.63) is 38.4 Å². The number of nitrogens with zero attached hydrogens (tertiary/aromatic N) is 2. The lowest BCUT2D eigenvalue weighted by molar-refractivity contribution is 0.974. The van der Waals surface area contributed by atoms with E-state index in [1.165, 1.54) is 12.8 Å². The summed E-state index contributed by atoms with van der Waals surface area (Å²) >= 11 is 15.7. The van der Waals surface area contributed by atoms with Crippen LogP contribution in [0.1, 0.15) is 31.4 Å². The molecule has 0 atom stereocenters. The molecule has 0 spiro atoms. The molecule has 1 N–H and O–H groups in total. The molecule has 1 heterocycles. The second-order valence-electron chi connectivity index (χ2n) is 5.03. The summed E-state index contributed by atoms with van der Waals surface area (Å²) in [6.45, 7) is 2.85. The number of aromatic nitrogens is 2. The molecule has 21 heavy (non-hydrogen) atoms. The summed E-state index contributed by atoms with van der Waals surface area (Å²) in [5.41, 5.74) is 1.94. The summed E-state index contributed by atoms with van der Waals surface area (Å²) in [4.78, 5) is 9.32. The maximum Gasteiger partial charge on any atom is 0.161 e. The number of hydrogen-bond donors (Lipinski definition) is 1. The molecule has 0 amide bonds. The summed E-state index contributed by atoms with van der Waals surface area (Å²) in [5, 5.41) is 4.32. The van der Waals surface area contributed by atoms with Crippen molar-refractivity contribution in [2.75, 3.05) is 11.9 Å². The maximum absolute atomic E-state index is 6.10. The molecule has 1 aromatic heterocycles. The highest BCUT2D eigenvalue weighted by molar-refractivity contribution is 9.10. The predicted octanol–water partition coefficient (Wildman–Crippen LogP) is 5.52. The number of benzene rings is 1. The van der Waals surface area contributed by atoms with Crippen molar-refractivity contribution < 1.29 is 0 Å². The summed E-state index contributed by atoms with van der Waals surface area (Å²) < 4.78 is 0.968. The smallest absolute Gasteiger partial charge is 0.161 e. The number of hydrogen-bond acceptors (Lipinski definition) is 3. The van der Waals surface area contributed by atoms with E-state index in [0.717, 1.165) is 28.1 Å². The molecule has 110 valence electrons. The molecule has 1 aliphatic rings. The van der Waals surface area contributed by atoms with Crippen LogP contribution in [-0.4, -0.2) is 16.5 Å². The normalized spacial score (nSPS) is 14.3. The van der Waals surface area contributed by atoms with Crippen molar-refractivity contribution in [3.8, 4) is 11.4 Å². The zero-order valence-electron chi connectivity index (χ0n) is 11.5. The molecule has 0 saturated heterocycles. The van der Waals surface area contributed by atoms with Gasteiger partial charge in [-0.15, -0.1) is 0 Å². The van der Waals surface area contributed by atoms with Crippen LogP contribution >= 0.6 is 39.1 Å². The molecule has 2 aromatic rings. The molecule has 0 bridgehead atoms. The minimum absolute atomic E-state index is 0.513. The molecule has 1 aliphatic carbocycles. The first-order valence-electron chi connectivity index (χ1n) is 6.87. The van der Waals surface area contributed by atoms with Gasteiger partial charge in [0.2, 0.25) is 0 Å². The molecule has 0 aliphatic heterocycles. The van der Waals surface area contributed by atoms with Gasteiger partial charge in [0.15, 0.2) is 5.82 Å². The van der Waals surface area contributed by atoms with Crippen molar-refractivity contribution >= 4 is 44.9 Å². The Morgan fingerprint density at radius 3 is 2.62 bits per heavy atom. The number of nitrogens with one attached hydrogen (secondary N) is 1. The third kappa shape index (κ3) is 3.17. The van der Waals surface area contributed by atoms with Crippen molar-refractivity contribution in [2.45, 2.75) is 25.7 Å². The second-order valence-corrected chi connectivity index (χ2v) is 6.64. The SMILES string of the molecule is CCNc1nc(-c2ccc(Cl)c(Cl)c2)nc(C2CC2)c1Br. The van der Waals surface area contributed by atoms with E-state index in [1.54, 1.807) is 12.1 Å². The van der Waals surface area contributed by atoms with E-state index in [2.05, 4.69) is 26.2 Å². The van der Waals surface area contributed by atoms with Crippen LogP contribution in [0.2, 0.25) is 10.0 Å². The molecule has 6 heteroatoms. The van der Waals surface area contributed by atoms with Crippen LogP contribution in [0.4, 0.5) is 5.82 Å². The fourth-order valence-electron chi connectivity index (χ4n) is 2.14. The van der Waals surface area contributed by atoms with Gasteiger partial charge in [0, 0.05) is 18.0 Å². The van der Waals surface area contributed by atoms with E-state index < -0.39 is 0 Å². The molecule has 0 unspecified atom stereocenters. The molecule has 1 aromatic carbocycles. The fourth-order valence-corrected chi connectivity index (χ4v) is 3.08. The topological polar surface area (TPSA) is 37.8 Å². The zero-order chi connectivity index (χ0) is 15.0. The Kier molecular flexibility index (Phi) is 4.38. The van der Waals surface area contributed by atoms with Crippen LogP contribution in [0.3, 0.4) is 0 Å². The van der Waals surface area contributed by atoms with Crippen LogP contribution in [0, 0.1) is 0 Å². The number of rotatable bonds is 4. The van der Waals surface area contributed by atoms with E-state index in [0.29, 0.717) is 21.8 Å². The number of halogens is 3. The third-order valence-electron chi connectivity index (χ3n) is 3.36. The zero-order valence-corrected chi connectivity index (χ0v) is 14.6. The van der Waals surface area contributed by atoms with Crippen LogP contribution in [-0.2, 0) is 0 Å². The summed E-state index contributed by atoms with van der Waals surface area (Å²) in [6.07, 6.45) is 2.37. The van der Waals surface area contributed by atoms with Crippen LogP contribution in [0.5, 0.6) is 0 Å². The molecule has 3 nitrogen and oxygen atoms in total. The Balaban J connectivity index is 2.10. The minimum Gasteiger partial charge on any atom is -0.369 e. The second kappa shape index (κ2) is 6.11. The molecule has 1 fully saturated rings. The minimum atomic E-state index is 0.513. The lowest BCUT2D eigenvalue weighted by Crippen LogP contribution is -2.05. The Morgan fingerprint density at radius 1 is 1.24 bits per heavy atom. The van der Waals surface area contributed by atoms with Gasteiger partial charge in [0.25, 0.3) is 0 Å². The van der Waals surface area contributed by atoms with Gasteiger partial charge >= 0.3 is 0 Å². The van der Waals surface area contributed by atoms with E-state index in [1.807, 2.05) is 13.0 Å². The predicted molar refractivity (Wildman–Crippen MR) is 91.3 cm³/mol. The average Bonchev–Trinajstić information content (AvgIpc) is 3.29. The Labute approximate surface area is 142 Å². The molecule has 0 radical (unpaired) electrons. The Morgan fingerprint density at radius 2 is 2.00 bits per heavy atom. The summed E-state index contributed by atoms with van der Waals surface area (Å²) in [7, 11) is 0. The first-order chi connectivity index (χ1) is 10.1. The van der Waals surface area contributed by atoms with E-state index in [9.17, 15) is 0 Å². The first-order valence-corrected chi connectivity index (χ1v) is 8.41. The number of anilines is 1. The van der Waals surface area contributed by atoms with Crippen molar-refractivity contribution in [1.29, 1.82) is 0 Å². The highest BCUT2D eigenvalue weighted by atomic mass is 79.9. The standard InChI is InChI=1S/C15H14BrCl2N3/c1-2-19-15-12(16)13(8-3-4-8)20-14(21-15)9-5-6-10(17)11(18)7-9/h5-8H,2-4H2,1H3,(H,19,20,21). The van der Waals surface area contributed by atoms with E-state index in [4.69, 9.17) is 28.2 Å². The molecular weight excluding hydrogens is 373 g/mol. The maximum atomic E-state index is 6.10. The van der Waals surface area contributed by atoms with Crippen LogP contribution in [0.25, 0.3) is 11.4 Å². The van der Waals surface area contributed by atoms with Gasteiger partial charge in [-0.25, -0.2) is 9.97 Å². The highest BCUT2D eigenvalue weighted by Crippen LogP contribution is 2.44. The lowest BCUT2D eigenvalue weighted by atomic mass is 10.2. The van der Waals surface area contributed by atoms with Gasteiger partial charge in [-0.3, -0.25) is 0 Å². The first kappa shape index (κ1) is 15.1. The molecule has 1 saturated carbocycles. The van der Waals surface area contributed by atoms with Crippen LogP contribution < -0.4 is 5.32 Å². The van der Waals surface area contributed by atoms with Crippen molar-refractivity contribution in [3.63, 3.8) is 0 Å². The largest absolute Gasteiger partial charge is 0.369 e. The van der Waals surface area contributed by atoms with Gasteiger partial charge in [-0.05, 0) is 53.9 Å². The van der Waals surface area contributed by atoms with Gasteiger partial charge in [-0.2, -0.15) is 0 Å². The van der Waals surface area contributed by atoms with Crippen molar-refractivity contribution in [1.82, 2.24) is 9.97 Å². The lowest BCUT2D eigenvalue weighted by Gasteiger charge is -2.12. The van der Waals surface area contributed by atoms with Gasteiger partial charge in [-0.1, -0.05) is 23.2 Å². The summed E-state index contributed by atoms with van der Waals surface area (Å²) in [6, 6.07) is 5.47. The van der Waals surface area contributed by atoms with Gasteiger partial charge in [0.05, 0.1) is 20.2 Å². The highest BCUT2D eigenvalue weighted by Gasteiger charge is 2.29. The Hall–Kier alpha value is -0.840. The summed E-state index contributed by atoms with van der Waals surface area (Å²) in [5.74, 6) is 2.03. The van der Waals surface area contributed by atoms with E-state index >= 15 is 0 Å². The molecule has 3 rings (SSSR count). The third-order valence-corrected chi connectivity index (χ3v) is 4.88. The monoisotopic (exact) mass is 385 g/mol. The quantitative estimate of drug-likeness (QED) is 0.751. The van der Waals surface area contributed by atoms with E-state index in [-0.39, 0.29) is 0 Å². The van der Waals surface area contributed by atoms with Gasteiger partial charge < -0.3 is 5.32 Å². The van der Waals surface area contributed by atoms with Crippen LogP contribution in [0.15, 0.2) is 22.7 Å². The Bertz CT molecular complexity index is 687. The fraction of sp³-hybridized carbons (Fsp3) is 0.333. The van der Waals surface area contributed by atoms with Gasteiger partial charge in [0.1, 0.15) is 5.82 Å². The molecular formula is C15H14BrCl2N3.